The van der Waals surface area contributed by atoms with Crippen molar-refractivity contribution in [2.75, 3.05) is 30.6 Å². The number of nitrogens with one attached hydrogen (secondary N) is 1. The van der Waals surface area contributed by atoms with Gasteiger partial charge in [0.2, 0.25) is 5.91 Å². The molecule has 3 aromatic carbocycles. The molecule has 1 N–H and O–H groups in total. The van der Waals surface area contributed by atoms with Crippen molar-refractivity contribution < 1.29 is 22.7 Å². The van der Waals surface area contributed by atoms with Crippen LogP contribution < -0.4 is 19.1 Å². The van der Waals surface area contributed by atoms with Crippen LogP contribution in [0.3, 0.4) is 0 Å². The normalized spacial score (nSPS) is 11.0. The van der Waals surface area contributed by atoms with Gasteiger partial charge in [-0.3, -0.25) is 9.10 Å². The second-order valence-corrected chi connectivity index (χ2v) is 9.70. The number of benzene rings is 3. The summed E-state index contributed by atoms with van der Waals surface area (Å²) in [6, 6.07) is 20.0. The third kappa shape index (κ3) is 6.88. The van der Waals surface area contributed by atoms with Crippen molar-refractivity contribution in [1.82, 2.24) is 5.32 Å². The lowest BCUT2D eigenvalue weighted by Crippen LogP contribution is -2.41. The highest BCUT2D eigenvalue weighted by atomic mass is 35.5. The van der Waals surface area contributed by atoms with E-state index >= 15 is 0 Å². The molecule has 0 saturated heterocycles. The van der Waals surface area contributed by atoms with E-state index in [1.54, 1.807) is 60.7 Å². The van der Waals surface area contributed by atoms with Crippen LogP contribution in [0.1, 0.15) is 12.5 Å². The molecule has 0 aliphatic rings. The molecule has 3 aromatic rings. The fourth-order valence-corrected chi connectivity index (χ4v) is 4.65. The molecule has 0 aliphatic heterocycles. The number of aryl methyl sites for hydroxylation is 1. The van der Waals surface area contributed by atoms with Gasteiger partial charge in [0.25, 0.3) is 10.0 Å². The molecule has 0 saturated carbocycles. The van der Waals surface area contributed by atoms with Crippen LogP contribution in [0.2, 0.25) is 5.02 Å². The molecule has 0 unspecified atom stereocenters. The van der Waals surface area contributed by atoms with Gasteiger partial charge in [-0.05, 0) is 74.5 Å². The van der Waals surface area contributed by atoms with Gasteiger partial charge < -0.3 is 14.8 Å². The van der Waals surface area contributed by atoms with E-state index < -0.39 is 15.9 Å². The summed E-state index contributed by atoms with van der Waals surface area (Å²) < 4.78 is 38.9. The number of carbonyl (C=O) groups excluding carboxylic acids is 1. The first-order valence-corrected chi connectivity index (χ1v) is 12.6. The molecular weight excluding hydrogens is 476 g/mol. The van der Waals surface area contributed by atoms with E-state index in [9.17, 15) is 13.2 Å². The average Bonchev–Trinajstić information content (AvgIpc) is 2.83. The maximum Gasteiger partial charge on any atom is 0.264 e. The maximum absolute atomic E-state index is 13.4. The molecule has 7 nitrogen and oxygen atoms in total. The molecule has 0 fully saturated rings. The summed E-state index contributed by atoms with van der Waals surface area (Å²) in [6.45, 7) is 4.30. The summed E-state index contributed by atoms with van der Waals surface area (Å²) in [6.07, 6.45) is 0. The number of nitrogens with zero attached hydrogens (tertiary/aromatic N) is 1. The van der Waals surface area contributed by atoms with Crippen molar-refractivity contribution in [3.63, 3.8) is 0 Å². The average molecular weight is 503 g/mol. The SMILES string of the molecule is CCOc1ccc(S(=O)(=O)N(CC(=O)NCCOc2ccc(Cl)cc2)c2ccc(C)cc2)cc1. The van der Waals surface area contributed by atoms with Gasteiger partial charge in [-0.2, -0.15) is 0 Å². The summed E-state index contributed by atoms with van der Waals surface area (Å²) in [7, 11) is -4.00. The van der Waals surface area contributed by atoms with Gasteiger partial charge in [0.15, 0.2) is 0 Å². The van der Waals surface area contributed by atoms with Crippen molar-refractivity contribution >= 4 is 33.2 Å². The van der Waals surface area contributed by atoms with Gasteiger partial charge in [-0.1, -0.05) is 29.3 Å². The van der Waals surface area contributed by atoms with Crippen molar-refractivity contribution in [2.24, 2.45) is 0 Å². The lowest BCUT2D eigenvalue weighted by atomic mass is 10.2. The van der Waals surface area contributed by atoms with Crippen LogP contribution in [-0.2, 0) is 14.8 Å². The van der Waals surface area contributed by atoms with Gasteiger partial charge in [-0.15, -0.1) is 0 Å². The number of hydrogen-bond donors (Lipinski definition) is 1. The summed E-state index contributed by atoms with van der Waals surface area (Å²) in [5.74, 6) is 0.745. The standard InChI is InChI=1S/C25H27ClN2O5S/c1-3-32-22-12-14-24(15-13-22)34(30,31)28(21-8-4-19(2)5-9-21)18-25(29)27-16-17-33-23-10-6-20(26)7-11-23/h4-15H,3,16-18H2,1-2H3,(H,27,29). The number of halogens is 1. The lowest BCUT2D eigenvalue weighted by Gasteiger charge is -2.24. The zero-order valence-electron chi connectivity index (χ0n) is 19.0. The maximum atomic E-state index is 13.4. The van der Waals surface area contributed by atoms with E-state index in [0.29, 0.717) is 28.8 Å². The first-order valence-electron chi connectivity index (χ1n) is 10.8. The third-order valence-corrected chi connectivity index (χ3v) is 6.88. The Labute approximate surface area is 205 Å². The van der Waals surface area contributed by atoms with Gasteiger partial charge in [0, 0.05) is 5.02 Å². The number of rotatable bonds is 11. The number of sulfonamides is 1. The molecular formula is C25H27ClN2O5S. The van der Waals surface area contributed by atoms with E-state index in [1.807, 2.05) is 13.8 Å². The Kier molecular flexibility index (Phi) is 8.79. The van der Waals surface area contributed by atoms with Crippen LogP contribution in [0, 0.1) is 6.92 Å². The second-order valence-electron chi connectivity index (χ2n) is 7.40. The summed E-state index contributed by atoms with van der Waals surface area (Å²) >= 11 is 5.85. The highest BCUT2D eigenvalue weighted by Gasteiger charge is 2.27. The van der Waals surface area contributed by atoms with E-state index in [0.717, 1.165) is 9.87 Å². The van der Waals surface area contributed by atoms with Crippen LogP contribution in [0.4, 0.5) is 5.69 Å². The number of hydrogen-bond acceptors (Lipinski definition) is 5. The highest BCUT2D eigenvalue weighted by molar-refractivity contribution is 7.92. The number of carbonyl (C=O) groups is 1. The first kappa shape index (κ1) is 25.4. The molecule has 0 radical (unpaired) electrons. The Morgan fingerprint density at radius 3 is 2.12 bits per heavy atom. The Morgan fingerprint density at radius 2 is 1.50 bits per heavy atom. The van der Waals surface area contributed by atoms with Crippen molar-refractivity contribution in [3.8, 4) is 11.5 Å². The summed E-state index contributed by atoms with van der Waals surface area (Å²) in [4.78, 5) is 12.7. The first-order chi connectivity index (χ1) is 16.3. The fourth-order valence-electron chi connectivity index (χ4n) is 3.10. The quantitative estimate of drug-likeness (QED) is 0.392. The highest BCUT2D eigenvalue weighted by Crippen LogP contribution is 2.25. The monoisotopic (exact) mass is 502 g/mol. The Bertz CT molecular complexity index is 1180. The van der Waals surface area contributed by atoms with E-state index in [1.165, 1.54) is 12.1 Å². The fraction of sp³-hybridized carbons (Fsp3) is 0.240. The molecule has 0 atom stereocenters. The molecule has 0 bridgehead atoms. The van der Waals surface area contributed by atoms with E-state index in [2.05, 4.69) is 5.32 Å². The van der Waals surface area contributed by atoms with Crippen LogP contribution >= 0.6 is 11.6 Å². The minimum absolute atomic E-state index is 0.0652. The van der Waals surface area contributed by atoms with Gasteiger partial charge in [-0.25, -0.2) is 8.42 Å². The molecule has 0 heterocycles. The van der Waals surface area contributed by atoms with Crippen molar-refractivity contribution in [2.45, 2.75) is 18.7 Å². The molecule has 34 heavy (non-hydrogen) atoms. The minimum atomic E-state index is -4.00. The zero-order valence-corrected chi connectivity index (χ0v) is 20.6. The molecule has 0 aromatic heterocycles. The topological polar surface area (TPSA) is 84.9 Å². The Morgan fingerprint density at radius 1 is 0.912 bits per heavy atom. The van der Waals surface area contributed by atoms with Crippen molar-refractivity contribution in [1.29, 1.82) is 0 Å². The predicted molar refractivity (Wildman–Crippen MR) is 133 cm³/mol. The largest absolute Gasteiger partial charge is 0.494 e. The van der Waals surface area contributed by atoms with Gasteiger partial charge in [0.05, 0.1) is 23.7 Å². The molecule has 180 valence electrons. The molecule has 3 rings (SSSR count). The lowest BCUT2D eigenvalue weighted by molar-refractivity contribution is -0.119. The van der Waals surface area contributed by atoms with Crippen LogP contribution in [0.25, 0.3) is 0 Å². The molecule has 9 heteroatoms. The third-order valence-electron chi connectivity index (χ3n) is 4.84. The summed E-state index contributed by atoms with van der Waals surface area (Å²) in [5, 5.41) is 3.31. The van der Waals surface area contributed by atoms with Crippen LogP contribution in [0.15, 0.2) is 77.7 Å². The number of anilines is 1. The van der Waals surface area contributed by atoms with E-state index in [-0.39, 0.29) is 24.6 Å². The Balaban J connectivity index is 1.70. The van der Waals surface area contributed by atoms with Crippen LogP contribution in [-0.4, -0.2) is 40.6 Å². The smallest absolute Gasteiger partial charge is 0.264 e. The van der Waals surface area contributed by atoms with Crippen molar-refractivity contribution in [3.05, 3.63) is 83.4 Å². The molecule has 1 amide bonds. The van der Waals surface area contributed by atoms with Gasteiger partial charge >= 0.3 is 0 Å². The van der Waals surface area contributed by atoms with Crippen LogP contribution in [0.5, 0.6) is 11.5 Å². The number of ether oxygens (including phenoxy) is 2. The van der Waals surface area contributed by atoms with Gasteiger partial charge in [0.1, 0.15) is 24.7 Å². The van der Waals surface area contributed by atoms with E-state index in [4.69, 9.17) is 21.1 Å². The minimum Gasteiger partial charge on any atom is -0.494 e. The predicted octanol–water partition coefficient (Wildman–Crippen LogP) is 4.44. The molecule has 0 spiro atoms. The second kappa shape index (κ2) is 11.8. The summed E-state index contributed by atoms with van der Waals surface area (Å²) in [5.41, 5.74) is 1.37. The number of amides is 1. The zero-order chi connectivity index (χ0) is 24.6. The molecule has 0 aliphatic carbocycles. The Hall–Kier alpha value is -3.23.